The van der Waals surface area contributed by atoms with Crippen LogP contribution in [0.5, 0.6) is 0 Å². The molecule has 3 rings (SSSR count). The summed E-state index contributed by atoms with van der Waals surface area (Å²) in [6.45, 7) is 0. The van der Waals surface area contributed by atoms with Gasteiger partial charge in [0.05, 0.1) is 0 Å². The van der Waals surface area contributed by atoms with Gasteiger partial charge in [0.25, 0.3) is 11.8 Å². The molecule has 0 fully saturated rings. The molecule has 3 aliphatic rings. The summed E-state index contributed by atoms with van der Waals surface area (Å²) in [7, 11) is 0. The fourth-order valence-corrected chi connectivity index (χ4v) is 1.03. The first-order chi connectivity index (χ1) is 6.25. The predicted molar refractivity (Wildman–Crippen MR) is 47.7 cm³/mol. The van der Waals surface area contributed by atoms with Gasteiger partial charge in [0.1, 0.15) is 0 Å². The van der Waals surface area contributed by atoms with E-state index in [1.54, 1.807) is 0 Å². The van der Waals surface area contributed by atoms with Gasteiger partial charge in [-0.1, -0.05) is 18.2 Å². The molecule has 13 heavy (non-hydrogen) atoms. The maximum atomic E-state index is 10.0. The van der Waals surface area contributed by atoms with Crippen molar-refractivity contribution in [1.29, 1.82) is 0 Å². The number of hydrogen-bond donors (Lipinski definition) is 1. The normalized spacial score (nSPS) is 14.8. The Labute approximate surface area is 75.1 Å². The van der Waals surface area contributed by atoms with E-state index in [2.05, 4.69) is 24.3 Å². The Bertz CT molecular complexity index is 374. The Kier molecular flexibility index (Phi) is 1.70. The van der Waals surface area contributed by atoms with E-state index < -0.39 is 0 Å². The molecule has 3 nitrogen and oxygen atoms in total. The topological polar surface area (TPSA) is 46.2 Å². The van der Waals surface area contributed by atoms with E-state index in [-0.39, 0.29) is 11.8 Å². The van der Waals surface area contributed by atoms with E-state index in [0.717, 1.165) is 0 Å². The van der Waals surface area contributed by atoms with Crippen molar-refractivity contribution < 1.29 is 9.59 Å². The summed E-state index contributed by atoms with van der Waals surface area (Å²) in [5, 5.41) is 2.03. The highest BCUT2D eigenvalue weighted by Gasteiger charge is 2.07. The lowest BCUT2D eigenvalue weighted by Crippen LogP contribution is -2.19. The smallest absolute Gasteiger partial charge is 0.250 e. The number of nitrogens with one attached hydrogen (secondary N) is 1. The Balaban J connectivity index is 0.000000101. The third-order valence-electron chi connectivity index (χ3n) is 1.75. The van der Waals surface area contributed by atoms with Gasteiger partial charge >= 0.3 is 0 Å². The zero-order valence-corrected chi connectivity index (χ0v) is 6.78. The first kappa shape index (κ1) is 7.73. The molecule has 0 spiro atoms. The van der Waals surface area contributed by atoms with Crippen LogP contribution >= 0.6 is 0 Å². The van der Waals surface area contributed by atoms with Gasteiger partial charge in [-0.25, -0.2) is 0 Å². The van der Waals surface area contributed by atoms with Crippen LogP contribution in [0.1, 0.15) is 0 Å². The summed E-state index contributed by atoms with van der Waals surface area (Å²) in [6.07, 6.45) is 2.39. The molecule has 1 heterocycles. The molecule has 0 saturated heterocycles. The predicted octanol–water partition coefficient (Wildman–Crippen LogP) is 0.866. The Morgan fingerprint density at radius 3 is 1.62 bits per heavy atom. The SMILES string of the molecule is O=C1C=CC(=O)N1.c1cc2cc-2c1. The molecule has 2 amide bonds. The molecule has 0 aromatic rings. The molecule has 0 atom stereocenters. The number of fused-ring (bicyclic) bond motifs is 1. The number of hydrogen-bond acceptors (Lipinski definition) is 2. The zero-order chi connectivity index (χ0) is 9.26. The van der Waals surface area contributed by atoms with Crippen molar-refractivity contribution in [3.63, 3.8) is 0 Å². The summed E-state index contributed by atoms with van der Waals surface area (Å²) >= 11 is 0. The first-order valence-electron chi connectivity index (χ1n) is 3.89. The molecule has 0 saturated carbocycles. The summed E-state index contributed by atoms with van der Waals surface area (Å²) in [6, 6.07) is 8.48. The average Bonchev–Trinajstić information content (AvgIpc) is 2.53. The van der Waals surface area contributed by atoms with Crippen molar-refractivity contribution in [2.75, 3.05) is 0 Å². The molecule has 0 bridgehead atoms. The molecule has 2 aliphatic carbocycles. The summed E-state index contributed by atoms with van der Waals surface area (Å²) < 4.78 is 0. The highest BCUT2D eigenvalue weighted by atomic mass is 16.2. The third-order valence-corrected chi connectivity index (χ3v) is 1.75. The maximum Gasteiger partial charge on any atom is 0.250 e. The molecule has 64 valence electrons. The van der Waals surface area contributed by atoms with Gasteiger partial charge in [0, 0.05) is 12.2 Å². The average molecular weight is 173 g/mol. The Hall–Kier alpha value is -1.90. The number of benzene rings is 1. The molecule has 1 N–H and O–H groups in total. The Morgan fingerprint density at radius 2 is 1.46 bits per heavy atom. The maximum absolute atomic E-state index is 10.0. The lowest BCUT2D eigenvalue weighted by Gasteiger charge is -1.80. The highest BCUT2D eigenvalue weighted by Crippen LogP contribution is 2.32. The molecule has 0 aromatic carbocycles. The van der Waals surface area contributed by atoms with Crippen LogP contribution in [0.25, 0.3) is 11.1 Å². The van der Waals surface area contributed by atoms with Gasteiger partial charge in [-0.15, -0.1) is 0 Å². The number of amides is 2. The van der Waals surface area contributed by atoms with E-state index in [1.807, 2.05) is 5.32 Å². The minimum atomic E-state index is -0.329. The van der Waals surface area contributed by atoms with E-state index in [1.165, 1.54) is 23.3 Å². The highest BCUT2D eigenvalue weighted by molar-refractivity contribution is 6.12. The second kappa shape index (κ2) is 2.86. The van der Waals surface area contributed by atoms with E-state index in [0.29, 0.717) is 0 Å². The van der Waals surface area contributed by atoms with Crippen LogP contribution in [0.15, 0.2) is 36.4 Å². The van der Waals surface area contributed by atoms with Gasteiger partial charge in [-0.05, 0) is 17.2 Å². The summed E-state index contributed by atoms with van der Waals surface area (Å²) in [5.41, 5.74) is 2.85. The summed E-state index contributed by atoms with van der Waals surface area (Å²) in [5.74, 6) is -0.657. The standard InChI is InChI=1S/C6H4.C4H3NO2/c1-2-5-4-6(5)3-1;6-3-1-2-4(7)5-3/h1-4H;1-2H,(H,5,6,7). The molecular weight excluding hydrogens is 166 g/mol. The molecule has 0 unspecified atom stereocenters. The van der Waals surface area contributed by atoms with Crippen LogP contribution in [0.3, 0.4) is 0 Å². The van der Waals surface area contributed by atoms with E-state index >= 15 is 0 Å². The van der Waals surface area contributed by atoms with Crippen molar-refractivity contribution in [1.82, 2.24) is 5.32 Å². The quantitative estimate of drug-likeness (QED) is 0.601. The van der Waals surface area contributed by atoms with Crippen molar-refractivity contribution in [3.05, 3.63) is 36.4 Å². The van der Waals surface area contributed by atoms with Crippen LogP contribution in [0, 0.1) is 0 Å². The lowest BCUT2D eigenvalue weighted by atomic mass is 10.6. The van der Waals surface area contributed by atoms with Gasteiger partial charge in [0.15, 0.2) is 0 Å². The van der Waals surface area contributed by atoms with Gasteiger partial charge in [-0.3, -0.25) is 14.9 Å². The number of carbonyl (C=O) groups excluding carboxylic acids is 2. The van der Waals surface area contributed by atoms with Crippen molar-refractivity contribution in [2.24, 2.45) is 0 Å². The molecule has 1 aliphatic heterocycles. The number of rotatable bonds is 0. The molecule has 3 heteroatoms. The van der Waals surface area contributed by atoms with Crippen molar-refractivity contribution in [3.8, 4) is 11.1 Å². The number of imide groups is 1. The van der Waals surface area contributed by atoms with Crippen LogP contribution in [0.4, 0.5) is 0 Å². The largest absolute Gasteiger partial charge is 0.289 e. The third kappa shape index (κ3) is 1.82. The van der Waals surface area contributed by atoms with Crippen molar-refractivity contribution >= 4 is 11.8 Å². The molecular formula is C10H7NO2. The summed E-state index contributed by atoms with van der Waals surface area (Å²) in [4.78, 5) is 20.1. The van der Waals surface area contributed by atoms with Crippen molar-refractivity contribution in [2.45, 2.75) is 0 Å². The van der Waals surface area contributed by atoms with Crippen LogP contribution < -0.4 is 5.32 Å². The fourth-order valence-electron chi connectivity index (χ4n) is 1.03. The van der Waals surface area contributed by atoms with Gasteiger partial charge in [0.2, 0.25) is 0 Å². The van der Waals surface area contributed by atoms with Crippen LogP contribution in [-0.2, 0) is 9.59 Å². The van der Waals surface area contributed by atoms with E-state index in [4.69, 9.17) is 0 Å². The second-order valence-corrected chi connectivity index (χ2v) is 2.77. The zero-order valence-electron chi connectivity index (χ0n) is 6.78. The van der Waals surface area contributed by atoms with Crippen LogP contribution in [0.2, 0.25) is 0 Å². The Morgan fingerprint density at radius 1 is 0.923 bits per heavy atom. The molecule has 0 radical (unpaired) electrons. The fraction of sp³-hybridized carbons (Fsp3) is 0. The number of carbonyl (C=O) groups is 2. The van der Waals surface area contributed by atoms with E-state index in [9.17, 15) is 9.59 Å². The molecule has 0 aromatic heterocycles. The monoisotopic (exact) mass is 173 g/mol. The minimum Gasteiger partial charge on any atom is -0.289 e. The van der Waals surface area contributed by atoms with Crippen LogP contribution in [-0.4, -0.2) is 11.8 Å². The van der Waals surface area contributed by atoms with Gasteiger partial charge < -0.3 is 0 Å². The first-order valence-corrected chi connectivity index (χ1v) is 3.89. The minimum absolute atomic E-state index is 0.329. The van der Waals surface area contributed by atoms with Gasteiger partial charge in [-0.2, -0.15) is 0 Å². The second-order valence-electron chi connectivity index (χ2n) is 2.77. The lowest BCUT2D eigenvalue weighted by molar-refractivity contribution is -0.123.